The molecule has 4 heteroatoms. The van der Waals surface area contributed by atoms with Crippen LogP contribution < -0.4 is 0 Å². The van der Waals surface area contributed by atoms with Crippen molar-refractivity contribution in [2.24, 2.45) is 5.92 Å². The third-order valence-corrected chi connectivity index (χ3v) is 3.79. The van der Waals surface area contributed by atoms with Crippen molar-refractivity contribution in [2.75, 3.05) is 19.7 Å². The van der Waals surface area contributed by atoms with Crippen LogP contribution in [0.25, 0.3) is 0 Å². The maximum atomic E-state index is 13.6. The average molecular weight is 265 g/mol. The minimum atomic E-state index is -0.240. The topological polar surface area (TPSA) is 40.5 Å². The second-order valence-electron chi connectivity index (χ2n) is 5.34. The molecule has 0 aliphatic carbocycles. The number of benzene rings is 1. The number of hydrogen-bond donors (Lipinski definition) is 1. The van der Waals surface area contributed by atoms with Crippen LogP contribution in [0, 0.1) is 25.6 Å². The molecule has 1 aliphatic rings. The first-order chi connectivity index (χ1) is 9.02. The fourth-order valence-electron chi connectivity index (χ4n) is 2.69. The number of hydrogen-bond acceptors (Lipinski definition) is 2. The van der Waals surface area contributed by atoms with Crippen molar-refractivity contribution in [1.29, 1.82) is 0 Å². The molecule has 2 rings (SSSR count). The smallest absolute Gasteiger partial charge is 0.253 e. The highest BCUT2D eigenvalue weighted by Crippen LogP contribution is 2.22. The van der Waals surface area contributed by atoms with Crippen LogP contribution in [0.2, 0.25) is 0 Å². The molecule has 1 aromatic carbocycles. The number of rotatable bonds is 3. The summed E-state index contributed by atoms with van der Waals surface area (Å²) in [5.41, 5.74) is 1.57. The Morgan fingerprint density at radius 3 is 2.63 bits per heavy atom. The number of nitrogens with zero attached hydrogens (tertiary/aromatic N) is 1. The summed E-state index contributed by atoms with van der Waals surface area (Å²) in [6.45, 7) is 4.94. The summed E-state index contributed by atoms with van der Waals surface area (Å²) in [6.07, 6.45) is 1.68. The lowest BCUT2D eigenvalue weighted by atomic mass is 10.1. The third-order valence-electron chi connectivity index (χ3n) is 3.79. The molecule has 19 heavy (non-hydrogen) atoms. The van der Waals surface area contributed by atoms with E-state index in [1.165, 1.54) is 0 Å². The van der Waals surface area contributed by atoms with Crippen molar-refractivity contribution in [3.05, 3.63) is 34.6 Å². The highest BCUT2D eigenvalue weighted by atomic mass is 19.1. The summed E-state index contributed by atoms with van der Waals surface area (Å²) in [5, 5.41) is 8.93. The van der Waals surface area contributed by atoms with E-state index in [0.29, 0.717) is 29.2 Å². The Labute approximate surface area is 113 Å². The van der Waals surface area contributed by atoms with Crippen LogP contribution in [0.1, 0.15) is 34.3 Å². The molecule has 0 bridgehead atoms. The minimum Gasteiger partial charge on any atom is -0.396 e. The molecule has 0 radical (unpaired) electrons. The molecule has 1 saturated heterocycles. The predicted octanol–water partition coefficient (Wildman–Crippen LogP) is 2.29. The molecule has 1 atom stereocenters. The van der Waals surface area contributed by atoms with Gasteiger partial charge in [0.15, 0.2) is 0 Å². The number of halogens is 1. The molecule has 0 aromatic heterocycles. The highest BCUT2D eigenvalue weighted by Gasteiger charge is 2.26. The fraction of sp³-hybridized carbons (Fsp3) is 0.533. The van der Waals surface area contributed by atoms with E-state index < -0.39 is 0 Å². The number of carbonyl (C=O) groups excluding carboxylic acids is 1. The summed E-state index contributed by atoms with van der Waals surface area (Å²) in [7, 11) is 0. The molecule has 1 fully saturated rings. The molecule has 1 heterocycles. The molecule has 1 N–H and O–H groups in total. The molecule has 0 saturated carbocycles. The van der Waals surface area contributed by atoms with Crippen molar-refractivity contribution in [2.45, 2.75) is 26.7 Å². The lowest BCUT2D eigenvalue weighted by molar-refractivity contribution is 0.0784. The predicted molar refractivity (Wildman–Crippen MR) is 71.6 cm³/mol. The fourth-order valence-corrected chi connectivity index (χ4v) is 2.69. The van der Waals surface area contributed by atoms with Gasteiger partial charge in [-0.05, 0) is 55.9 Å². The van der Waals surface area contributed by atoms with E-state index in [9.17, 15) is 9.18 Å². The van der Waals surface area contributed by atoms with Gasteiger partial charge in [0.25, 0.3) is 5.91 Å². The first kappa shape index (κ1) is 14.0. The highest BCUT2D eigenvalue weighted by molar-refractivity contribution is 5.94. The van der Waals surface area contributed by atoms with Gasteiger partial charge in [-0.1, -0.05) is 0 Å². The zero-order chi connectivity index (χ0) is 14.0. The quantitative estimate of drug-likeness (QED) is 0.911. The van der Waals surface area contributed by atoms with Gasteiger partial charge in [-0.25, -0.2) is 4.39 Å². The van der Waals surface area contributed by atoms with Crippen LogP contribution in [0.5, 0.6) is 0 Å². The number of aliphatic hydroxyl groups excluding tert-OH is 1. The minimum absolute atomic E-state index is 0.0355. The number of amides is 1. The summed E-state index contributed by atoms with van der Waals surface area (Å²) in [6, 6.07) is 3.23. The summed E-state index contributed by atoms with van der Waals surface area (Å²) >= 11 is 0. The van der Waals surface area contributed by atoms with Crippen molar-refractivity contribution >= 4 is 5.91 Å². The Kier molecular flexibility index (Phi) is 4.20. The molecule has 3 nitrogen and oxygen atoms in total. The Morgan fingerprint density at radius 1 is 1.42 bits per heavy atom. The lowest BCUT2D eigenvalue weighted by Gasteiger charge is -2.17. The lowest BCUT2D eigenvalue weighted by Crippen LogP contribution is -2.29. The summed E-state index contributed by atoms with van der Waals surface area (Å²) in [4.78, 5) is 14.2. The SMILES string of the molecule is Cc1cc(C(=O)N2CC[C@@H](CCO)C2)cc(C)c1F. The van der Waals surface area contributed by atoms with Gasteiger partial charge in [0.2, 0.25) is 0 Å². The van der Waals surface area contributed by atoms with Crippen LogP contribution in [0.15, 0.2) is 12.1 Å². The molecule has 1 aliphatic heterocycles. The van der Waals surface area contributed by atoms with Gasteiger partial charge in [0, 0.05) is 25.3 Å². The molecule has 1 aromatic rings. The van der Waals surface area contributed by atoms with Gasteiger partial charge >= 0.3 is 0 Å². The van der Waals surface area contributed by atoms with Gasteiger partial charge in [0.05, 0.1) is 0 Å². The standard InChI is InChI=1S/C15H20FNO2/c1-10-7-13(8-11(2)14(10)16)15(19)17-5-3-12(9-17)4-6-18/h7-8,12,18H,3-6,9H2,1-2H3/t12-/m0/s1. The van der Waals surface area contributed by atoms with E-state index in [1.807, 2.05) is 0 Å². The molecule has 0 unspecified atom stereocenters. The monoisotopic (exact) mass is 265 g/mol. The molecule has 0 spiro atoms. The largest absolute Gasteiger partial charge is 0.396 e. The van der Waals surface area contributed by atoms with Crippen LogP contribution in [0.4, 0.5) is 4.39 Å². The molecular weight excluding hydrogens is 245 g/mol. The van der Waals surface area contributed by atoms with E-state index in [1.54, 1.807) is 30.9 Å². The van der Waals surface area contributed by atoms with Crippen molar-refractivity contribution in [1.82, 2.24) is 4.90 Å². The average Bonchev–Trinajstić information content (AvgIpc) is 2.83. The molecule has 1 amide bonds. The van der Waals surface area contributed by atoms with Crippen LogP contribution in [-0.4, -0.2) is 35.6 Å². The van der Waals surface area contributed by atoms with E-state index in [2.05, 4.69) is 0 Å². The number of likely N-dealkylation sites (tertiary alicyclic amines) is 1. The van der Waals surface area contributed by atoms with Gasteiger partial charge in [-0.2, -0.15) is 0 Å². The molecule has 104 valence electrons. The first-order valence-electron chi connectivity index (χ1n) is 6.69. The van der Waals surface area contributed by atoms with Crippen molar-refractivity contribution in [3.63, 3.8) is 0 Å². The van der Waals surface area contributed by atoms with Crippen LogP contribution in [0.3, 0.4) is 0 Å². The van der Waals surface area contributed by atoms with E-state index in [0.717, 1.165) is 19.4 Å². The normalized spacial score (nSPS) is 18.9. The van der Waals surface area contributed by atoms with Gasteiger partial charge in [-0.15, -0.1) is 0 Å². The molecular formula is C15H20FNO2. The second kappa shape index (κ2) is 5.70. The summed E-state index contributed by atoms with van der Waals surface area (Å²) < 4.78 is 13.6. The number of aryl methyl sites for hydroxylation is 2. The van der Waals surface area contributed by atoms with Crippen LogP contribution >= 0.6 is 0 Å². The van der Waals surface area contributed by atoms with E-state index >= 15 is 0 Å². The number of carbonyl (C=O) groups is 1. The van der Waals surface area contributed by atoms with Gasteiger partial charge in [-0.3, -0.25) is 4.79 Å². The van der Waals surface area contributed by atoms with Gasteiger partial charge in [0.1, 0.15) is 5.82 Å². The van der Waals surface area contributed by atoms with E-state index in [-0.39, 0.29) is 18.3 Å². The zero-order valence-corrected chi connectivity index (χ0v) is 11.4. The van der Waals surface area contributed by atoms with Crippen LogP contribution in [-0.2, 0) is 0 Å². The third kappa shape index (κ3) is 2.95. The first-order valence-corrected chi connectivity index (χ1v) is 6.69. The maximum absolute atomic E-state index is 13.6. The Morgan fingerprint density at radius 2 is 2.05 bits per heavy atom. The van der Waals surface area contributed by atoms with Crippen molar-refractivity contribution in [3.8, 4) is 0 Å². The number of aliphatic hydroxyl groups is 1. The van der Waals surface area contributed by atoms with Gasteiger partial charge < -0.3 is 10.0 Å². The second-order valence-corrected chi connectivity index (χ2v) is 5.34. The summed E-state index contributed by atoms with van der Waals surface area (Å²) in [5.74, 6) is 0.111. The Balaban J connectivity index is 2.13. The Hall–Kier alpha value is -1.42. The zero-order valence-electron chi connectivity index (χ0n) is 11.4. The Bertz CT molecular complexity index is 464. The maximum Gasteiger partial charge on any atom is 0.253 e. The van der Waals surface area contributed by atoms with Crippen molar-refractivity contribution < 1.29 is 14.3 Å². The van der Waals surface area contributed by atoms with E-state index in [4.69, 9.17) is 5.11 Å².